The number of aromatic amines is 1. The monoisotopic (exact) mass is 433 g/mol. The first-order chi connectivity index (χ1) is 15.5. The van der Waals surface area contributed by atoms with E-state index in [2.05, 4.69) is 11.1 Å². The van der Waals surface area contributed by atoms with E-state index < -0.39 is 6.04 Å². The third kappa shape index (κ3) is 3.20. The minimum Gasteiger partial charge on any atom is -0.493 e. The van der Waals surface area contributed by atoms with E-state index >= 15 is 0 Å². The van der Waals surface area contributed by atoms with Gasteiger partial charge in [0.2, 0.25) is 11.8 Å². The third-order valence-electron chi connectivity index (χ3n) is 6.74. The maximum atomic E-state index is 13.4. The van der Waals surface area contributed by atoms with Gasteiger partial charge >= 0.3 is 0 Å². The van der Waals surface area contributed by atoms with E-state index in [1.165, 1.54) is 0 Å². The van der Waals surface area contributed by atoms with E-state index in [-0.39, 0.29) is 24.4 Å². The zero-order chi connectivity index (χ0) is 22.4. The van der Waals surface area contributed by atoms with Crippen LogP contribution in [0.2, 0.25) is 0 Å². The van der Waals surface area contributed by atoms with E-state index in [9.17, 15) is 9.59 Å². The summed E-state index contributed by atoms with van der Waals surface area (Å²) in [6.07, 6.45) is 1.18. The van der Waals surface area contributed by atoms with Crippen LogP contribution in [0.3, 0.4) is 0 Å². The molecule has 5 rings (SSSR count). The topological polar surface area (TPSA) is 74.9 Å². The minimum atomic E-state index is -0.455. The molecule has 0 bridgehead atoms. The Morgan fingerprint density at radius 3 is 2.62 bits per heavy atom. The van der Waals surface area contributed by atoms with Gasteiger partial charge in [0.1, 0.15) is 6.04 Å². The van der Waals surface area contributed by atoms with Crippen molar-refractivity contribution in [3.8, 4) is 11.5 Å². The summed E-state index contributed by atoms with van der Waals surface area (Å²) in [5.41, 5.74) is 4.27. The largest absolute Gasteiger partial charge is 0.493 e. The summed E-state index contributed by atoms with van der Waals surface area (Å²) in [4.78, 5) is 33.5. The summed E-state index contributed by atoms with van der Waals surface area (Å²) >= 11 is 0. The molecule has 2 aromatic carbocycles. The molecule has 1 aromatic heterocycles. The van der Waals surface area contributed by atoms with Crippen molar-refractivity contribution in [1.82, 2.24) is 14.8 Å². The fourth-order valence-electron chi connectivity index (χ4n) is 5.12. The summed E-state index contributed by atoms with van der Waals surface area (Å²) < 4.78 is 10.7. The molecule has 0 unspecified atom stereocenters. The number of rotatable bonds is 5. The van der Waals surface area contributed by atoms with Gasteiger partial charge in [0.25, 0.3) is 0 Å². The Balaban J connectivity index is 1.38. The quantitative estimate of drug-likeness (QED) is 0.671. The van der Waals surface area contributed by atoms with Crippen LogP contribution >= 0.6 is 0 Å². The Morgan fingerprint density at radius 1 is 1.06 bits per heavy atom. The van der Waals surface area contributed by atoms with Gasteiger partial charge < -0.3 is 24.3 Å². The molecule has 1 fully saturated rings. The number of methoxy groups -OCH3 is 2. The van der Waals surface area contributed by atoms with Crippen LogP contribution in [0.5, 0.6) is 11.5 Å². The Labute approximate surface area is 186 Å². The summed E-state index contributed by atoms with van der Waals surface area (Å²) in [6.45, 7) is 2.60. The molecular weight excluding hydrogens is 406 g/mol. The lowest BCUT2D eigenvalue weighted by Crippen LogP contribution is -2.62. The first-order valence-corrected chi connectivity index (χ1v) is 10.9. The van der Waals surface area contributed by atoms with Gasteiger partial charge in [-0.15, -0.1) is 0 Å². The van der Waals surface area contributed by atoms with Crippen LogP contribution in [-0.2, 0) is 22.4 Å². The molecule has 166 valence electrons. The number of carbonyl (C=O) groups is 2. The number of benzene rings is 2. The minimum absolute atomic E-state index is 0.00119. The number of piperazine rings is 1. The molecule has 3 heterocycles. The van der Waals surface area contributed by atoms with Gasteiger partial charge in [0, 0.05) is 29.6 Å². The van der Waals surface area contributed by atoms with Crippen molar-refractivity contribution < 1.29 is 19.1 Å². The molecule has 2 amide bonds. The van der Waals surface area contributed by atoms with Crippen molar-refractivity contribution in [2.24, 2.45) is 0 Å². The van der Waals surface area contributed by atoms with Crippen molar-refractivity contribution in [1.29, 1.82) is 0 Å². The molecule has 0 spiro atoms. The van der Waals surface area contributed by atoms with Gasteiger partial charge in [-0.1, -0.05) is 24.3 Å². The highest BCUT2D eigenvalue weighted by Gasteiger charge is 2.46. The number of aromatic nitrogens is 1. The second-order valence-electron chi connectivity index (χ2n) is 8.46. The van der Waals surface area contributed by atoms with Gasteiger partial charge in [0.05, 0.1) is 26.8 Å². The molecule has 3 aromatic rings. The van der Waals surface area contributed by atoms with Crippen LogP contribution in [0.25, 0.3) is 10.9 Å². The van der Waals surface area contributed by atoms with E-state index in [0.717, 1.165) is 27.7 Å². The number of hydrogen-bond acceptors (Lipinski definition) is 4. The molecule has 2 aliphatic rings. The van der Waals surface area contributed by atoms with Crippen LogP contribution in [0.1, 0.15) is 29.8 Å². The standard InChI is InChI=1S/C25H27N3O4/c1-15-24-18(17-6-4-5-7-19(17)26-24)13-20-25(30)27(14-23(29)28(15)20)11-10-16-8-9-21(31-2)22(12-16)32-3/h4-9,12,15,20,26H,10-11,13-14H2,1-3H3/t15-,20-/m0/s1. The first-order valence-electron chi connectivity index (χ1n) is 10.9. The molecule has 1 saturated heterocycles. The van der Waals surface area contributed by atoms with Crippen molar-refractivity contribution in [2.45, 2.75) is 31.8 Å². The average Bonchev–Trinajstić information content (AvgIpc) is 3.19. The van der Waals surface area contributed by atoms with Crippen LogP contribution in [0, 0.1) is 0 Å². The molecule has 7 nitrogen and oxygen atoms in total. The smallest absolute Gasteiger partial charge is 0.246 e. The Bertz CT molecular complexity index is 1200. The molecule has 0 aliphatic carbocycles. The summed E-state index contributed by atoms with van der Waals surface area (Å²) in [5, 5.41) is 1.14. The van der Waals surface area contributed by atoms with Crippen molar-refractivity contribution >= 4 is 22.7 Å². The Morgan fingerprint density at radius 2 is 1.84 bits per heavy atom. The number of nitrogens with zero attached hydrogens (tertiary/aromatic N) is 2. The predicted molar refractivity (Wildman–Crippen MR) is 121 cm³/mol. The van der Waals surface area contributed by atoms with E-state index in [1.807, 2.05) is 43.3 Å². The first kappa shape index (κ1) is 20.4. The fourth-order valence-corrected chi connectivity index (χ4v) is 5.12. The predicted octanol–water partition coefficient (Wildman–Crippen LogP) is 3.08. The van der Waals surface area contributed by atoms with Gasteiger partial charge in [-0.2, -0.15) is 0 Å². The number of H-pyrrole nitrogens is 1. The highest BCUT2D eigenvalue weighted by atomic mass is 16.5. The lowest BCUT2D eigenvalue weighted by molar-refractivity contribution is -0.159. The summed E-state index contributed by atoms with van der Waals surface area (Å²) in [5.74, 6) is 1.35. The van der Waals surface area contributed by atoms with Gasteiger partial charge in [-0.05, 0) is 42.7 Å². The van der Waals surface area contributed by atoms with Crippen molar-refractivity contribution in [2.75, 3.05) is 27.3 Å². The number of amides is 2. The molecule has 32 heavy (non-hydrogen) atoms. The van der Waals surface area contributed by atoms with E-state index in [1.54, 1.807) is 24.0 Å². The zero-order valence-corrected chi connectivity index (χ0v) is 18.6. The van der Waals surface area contributed by atoms with Crippen LogP contribution < -0.4 is 9.47 Å². The number of fused-ring (bicyclic) bond motifs is 4. The second-order valence-corrected chi connectivity index (χ2v) is 8.46. The molecule has 0 saturated carbocycles. The lowest BCUT2D eigenvalue weighted by atomic mass is 9.90. The lowest BCUT2D eigenvalue weighted by Gasteiger charge is -2.46. The highest BCUT2D eigenvalue weighted by Crippen LogP contribution is 2.39. The van der Waals surface area contributed by atoms with Crippen molar-refractivity contribution in [3.05, 3.63) is 59.3 Å². The third-order valence-corrected chi connectivity index (χ3v) is 6.74. The molecule has 7 heteroatoms. The average molecular weight is 434 g/mol. The number of carbonyl (C=O) groups excluding carboxylic acids is 2. The molecule has 2 aliphatic heterocycles. The number of nitrogens with one attached hydrogen (secondary N) is 1. The summed E-state index contributed by atoms with van der Waals surface area (Å²) in [6, 6.07) is 13.3. The fraction of sp³-hybridized carbons (Fsp3) is 0.360. The van der Waals surface area contributed by atoms with Crippen LogP contribution in [0.4, 0.5) is 0 Å². The van der Waals surface area contributed by atoms with Crippen molar-refractivity contribution in [3.63, 3.8) is 0 Å². The number of ether oxygens (including phenoxy) is 2. The summed E-state index contributed by atoms with van der Waals surface area (Å²) in [7, 11) is 3.21. The molecule has 1 N–H and O–H groups in total. The normalized spacial score (nSPS) is 20.3. The molecule has 2 atom stereocenters. The maximum Gasteiger partial charge on any atom is 0.246 e. The van der Waals surface area contributed by atoms with Gasteiger partial charge in [-0.3, -0.25) is 9.59 Å². The second kappa shape index (κ2) is 7.89. The number of para-hydroxylation sites is 1. The van der Waals surface area contributed by atoms with E-state index in [0.29, 0.717) is 30.9 Å². The van der Waals surface area contributed by atoms with Crippen LogP contribution in [-0.4, -0.2) is 59.9 Å². The molecule has 0 radical (unpaired) electrons. The van der Waals surface area contributed by atoms with E-state index in [4.69, 9.17) is 9.47 Å². The molecular formula is C25H27N3O4. The highest BCUT2D eigenvalue weighted by molar-refractivity contribution is 5.97. The number of hydrogen-bond donors (Lipinski definition) is 1. The zero-order valence-electron chi connectivity index (χ0n) is 18.6. The Kier molecular flexibility index (Phi) is 5.04. The SMILES string of the molecule is COc1ccc(CCN2CC(=O)N3[C@@H](Cc4c([nH]c5ccccc45)[C@@H]3C)C2=O)cc1OC. The maximum absolute atomic E-state index is 13.4. The van der Waals surface area contributed by atoms with Gasteiger partial charge in [-0.25, -0.2) is 0 Å². The van der Waals surface area contributed by atoms with Gasteiger partial charge in [0.15, 0.2) is 11.5 Å². The van der Waals surface area contributed by atoms with Crippen LogP contribution in [0.15, 0.2) is 42.5 Å². The Hall–Kier alpha value is -3.48.